The number of aromatic nitrogens is 2. The molecule has 0 bridgehead atoms. The van der Waals surface area contributed by atoms with Crippen molar-refractivity contribution in [3.63, 3.8) is 0 Å². The van der Waals surface area contributed by atoms with Crippen LogP contribution >= 0.6 is 0 Å². The van der Waals surface area contributed by atoms with Gasteiger partial charge in [0, 0.05) is 31.1 Å². The molecule has 1 N–H and O–H groups in total. The second-order valence-electron chi connectivity index (χ2n) is 6.25. The van der Waals surface area contributed by atoms with E-state index >= 15 is 0 Å². The van der Waals surface area contributed by atoms with Gasteiger partial charge in [0.1, 0.15) is 11.5 Å². The molecule has 3 rings (SSSR count). The predicted octanol–water partition coefficient (Wildman–Crippen LogP) is 2.36. The van der Waals surface area contributed by atoms with E-state index in [9.17, 15) is 4.79 Å². The van der Waals surface area contributed by atoms with Crippen LogP contribution in [0.3, 0.4) is 0 Å². The number of rotatable bonds is 6. The van der Waals surface area contributed by atoms with Crippen molar-refractivity contribution >= 4 is 17.4 Å². The average Bonchev–Trinajstić information content (AvgIpc) is 2.74. The third-order valence-corrected chi connectivity index (χ3v) is 4.69. The van der Waals surface area contributed by atoms with Crippen LogP contribution in [0.2, 0.25) is 0 Å². The average molecular weight is 372 g/mol. The first-order chi connectivity index (χ1) is 13.1. The van der Waals surface area contributed by atoms with Gasteiger partial charge in [-0.15, -0.1) is 10.2 Å². The van der Waals surface area contributed by atoms with Gasteiger partial charge in [0.15, 0.2) is 5.82 Å². The molecular formula is C19H24N4O4. The number of piperidine rings is 1. The van der Waals surface area contributed by atoms with Gasteiger partial charge in [0.25, 0.3) is 0 Å². The van der Waals surface area contributed by atoms with Gasteiger partial charge in [-0.2, -0.15) is 0 Å². The monoisotopic (exact) mass is 372 g/mol. The van der Waals surface area contributed by atoms with Gasteiger partial charge < -0.3 is 24.4 Å². The van der Waals surface area contributed by atoms with E-state index in [2.05, 4.69) is 20.4 Å². The van der Waals surface area contributed by atoms with Crippen molar-refractivity contribution in [3.05, 3.63) is 30.3 Å². The highest BCUT2D eigenvalue weighted by Gasteiger charge is 2.26. The minimum absolute atomic E-state index is 0.000989. The lowest BCUT2D eigenvalue weighted by atomic mass is 9.95. The van der Waals surface area contributed by atoms with E-state index in [4.69, 9.17) is 14.2 Å². The second-order valence-corrected chi connectivity index (χ2v) is 6.25. The van der Waals surface area contributed by atoms with Crippen molar-refractivity contribution < 1.29 is 19.0 Å². The molecule has 1 saturated heterocycles. The number of nitrogens with zero attached hydrogens (tertiary/aromatic N) is 3. The third-order valence-electron chi connectivity index (χ3n) is 4.69. The van der Waals surface area contributed by atoms with Crippen molar-refractivity contribution in [1.82, 2.24) is 10.2 Å². The number of benzene rings is 1. The molecule has 0 unspecified atom stereocenters. The fourth-order valence-corrected chi connectivity index (χ4v) is 3.10. The molecule has 1 aliphatic heterocycles. The molecule has 1 amide bonds. The number of amides is 1. The lowest BCUT2D eigenvalue weighted by Gasteiger charge is -2.31. The quantitative estimate of drug-likeness (QED) is 0.833. The van der Waals surface area contributed by atoms with E-state index in [1.54, 1.807) is 45.6 Å². The summed E-state index contributed by atoms with van der Waals surface area (Å²) in [5.41, 5.74) is 0.645. The van der Waals surface area contributed by atoms with Crippen molar-refractivity contribution in [2.45, 2.75) is 12.8 Å². The van der Waals surface area contributed by atoms with Crippen LogP contribution in [0.1, 0.15) is 12.8 Å². The Labute approximate surface area is 158 Å². The SMILES string of the molecule is COc1ccc(NC(=O)C2CCN(c3ccc(OC)nn3)CC2)c(OC)c1. The molecule has 0 radical (unpaired) electrons. The Hall–Kier alpha value is -3.03. The minimum Gasteiger partial charge on any atom is -0.497 e. The van der Waals surface area contributed by atoms with Crippen LogP contribution in [0.4, 0.5) is 11.5 Å². The molecule has 0 aliphatic carbocycles. The second kappa shape index (κ2) is 8.57. The normalized spacial score (nSPS) is 14.6. The molecule has 8 nitrogen and oxygen atoms in total. The number of methoxy groups -OCH3 is 3. The summed E-state index contributed by atoms with van der Waals surface area (Å²) in [6.45, 7) is 1.50. The number of ether oxygens (including phenoxy) is 3. The summed E-state index contributed by atoms with van der Waals surface area (Å²) >= 11 is 0. The lowest BCUT2D eigenvalue weighted by molar-refractivity contribution is -0.120. The third kappa shape index (κ3) is 4.39. The topological polar surface area (TPSA) is 85.8 Å². The standard InChI is InChI=1S/C19H24N4O4/c1-25-14-4-5-15(16(12-14)26-2)20-19(24)13-8-10-23(11-9-13)17-6-7-18(27-3)22-21-17/h4-7,12-13H,8-11H2,1-3H3,(H,20,24). The van der Waals surface area contributed by atoms with E-state index in [1.165, 1.54) is 0 Å². The number of hydrogen-bond donors (Lipinski definition) is 1. The summed E-state index contributed by atoms with van der Waals surface area (Å²) in [6.07, 6.45) is 1.50. The Morgan fingerprint density at radius 2 is 1.81 bits per heavy atom. The van der Waals surface area contributed by atoms with Gasteiger partial charge in [-0.05, 0) is 31.0 Å². The molecule has 1 aromatic carbocycles. The number of carbonyl (C=O) groups is 1. The van der Waals surface area contributed by atoms with Crippen LogP contribution in [-0.2, 0) is 4.79 Å². The number of carbonyl (C=O) groups excluding carboxylic acids is 1. The van der Waals surface area contributed by atoms with Crippen molar-refractivity contribution in [3.8, 4) is 17.4 Å². The van der Waals surface area contributed by atoms with Gasteiger partial charge in [0.05, 0.1) is 27.0 Å². The zero-order valence-corrected chi connectivity index (χ0v) is 15.8. The highest BCUT2D eigenvalue weighted by Crippen LogP contribution is 2.30. The fraction of sp³-hybridized carbons (Fsp3) is 0.421. The Morgan fingerprint density at radius 3 is 2.41 bits per heavy atom. The molecular weight excluding hydrogens is 348 g/mol. The van der Waals surface area contributed by atoms with E-state index in [1.807, 2.05) is 6.07 Å². The summed E-state index contributed by atoms with van der Waals surface area (Å²) < 4.78 is 15.6. The Balaban J connectivity index is 1.58. The molecule has 27 heavy (non-hydrogen) atoms. The van der Waals surface area contributed by atoms with Crippen LogP contribution in [0.15, 0.2) is 30.3 Å². The number of anilines is 2. The van der Waals surface area contributed by atoms with Gasteiger partial charge >= 0.3 is 0 Å². The van der Waals surface area contributed by atoms with Gasteiger partial charge in [-0.1, -0.05) is 0 Å². The molecule has 0 saturated carbocycles. The highest BCUT2D eigenvalue weighted by atomic mass is 16.5. The summed E-state index contributed by atoms with van der Waals surface area (Å²) in [5, 5.41) is 11.1. The lowest BCUT2D eigenvalue weighted by Crippen LogP contribution is -2.38. The minimum atomic E-state index is -0.0562. The van der Waals surface area contributed by atoms with Crippen LogP contribution in [0.25, 0.3) is 0 Å². The van der Waals surface area contributed by atoms with Crippen molar-refractivity contribution in [2.75, 3.05) is 44.6 Å². The smallest absolute Gasteiger partial charge is 0.233 e. The van der Waals surface area contributed by atoms with E-state index in [0.29, 0.717) is 23.1 Å². The summed E-state index contributed by atoms with van der Waals surface area (Å²) in [5.74, 6) is 2.48. The van der Waals surface area contributed by atoms with Gasteiger partial charge in [-0.25, -0.2) is 0 Å². The molecule has 1 fully saturated rings. The maximum atomic E-state index is 12.7. The molecule has 2 aromatic rings. The predicted molar refractivity (Wildman–Crippen MR) is 102 cm³/mol. The van der Waals surface area contributed by atoms with Crippen LogP contribution in [0.5, 0.6) is 17.4 Å². The molecule has 8 heteroatoms. The zero-order valence-electron chi connectivity index (χ0n) is 15.8. The molecule has 144 valence electrons. The van der Waals surface area contributed by atoms with Gasteiger partial charge in [0.2, 0.25) is 11.8 Å². The van der Waals surface area contributed by atoms with Crippen molar-refractivity contribution in [1.29, 1.82) is 0 Å². The van der Waals surface area contributed by atoms with E-state index in [0.717, 1.165) is 31.7 Å². The maximum Gasteiger partial charge on any atom is 0.233 e. The largest absolute Gasteiger partial charge is 0.497 e. The molecule has 1 aliphatic rings. The Morgan fingerprint density at radius 1 is 1.04 bits per heavy atom. The van der Waals surface area contributed by atoms with Gasteiger partial charge in [-0.3, -0.25) is 4.79 Å². The van der Waals surface area contributed by atoms with E-state index < -0.39 is 0 Å². The first kappa shape index (κ1) is 18.8. The highest BCUT2D eigenvalue weighted by molar-refractivity contribution is 5.94. The molecule has 2 heterocycles. The number of nitrogens with one attached hydrogen (secondary N) is 1. The summed E-state index contributed by atoms with van der Waals surface area (Å²) in [6, 6.07) is 9.01. The fourth-order valence-electron chi connectivity index (χ4n) is 3.10. The Kier molecular flexibility index (Phi) is 5.95. The zero-order chi connectivity index (χ0) is 19.2. The van der Waals surface area contributed by atoms with Crippen LogP contribution in [-0.4, -0.2) is 50.5 Å². The Bertz CT molecular complexity index is 774. The number of hydrogen-bond acceptors (Lipinski definition) is 7. The maximum absolute atomic E-state index is 12.7. The van der Waals surface area contributed by atoms with Crippen LogP contribution < -0.4 is 24.4 Å². The first-order valence-electron chi connectivity index (χ1n) is 8.80. The first-order valence-corrected chi connectivity index (χ1v) is 8.80. The molecule has 0 atom stereocenters. The molecule has 1 aromatic heterocycles. The summed E-state index contributed by atoms with van der Waals surface area (Å²) in [4.78, 5) is 14.8. The summed E-state index contributed by atoms with van der Waals surface area (Å²) in [7, 11) is 4.72. The van der Waals surface area contributed by atoms with E-state index in [-0.39, 0.29) is 11.8 Å². The molecule has 0 spiro atoms. The van der Waals surface area contributed by atoms with Crippen LogP contribution in [0, 0.1) is 5.92 Å². The van der Waals surface area contributed by atoms with Crippen molar-refractivity contribution in [2.24, 2.45) is 5.92 Å².